The molecule has 3 aromatic rings. The van der Waals surface area contributed by atoms with E-state index < -0.39 is 0 Å². The Morgan fingerprint density at radius 3 is 2.29 bits per heavy atom. The van der Waals surface area contributed by atoms with Gasteiger partial charge >= 0.3 is 0 Å². The highest BCUT2D eigenvalue weighted by Gasteiger charge is 2.24. The first kappa shape index (κ1) is 20.3. The number of hydrogen-bond acceptors (Lipinski definition) is 3. The molecule has 1 heterocycles. The predicted octanol–water partition coefficient (Wildman–Crippen LogP) is 6.95. The number of para-hydroxylation sites is 1. The Morgan fingerprint density at radius 2 is 1.64 bits per heavy atom. The van der Waals surface area contributed by atoms with Gasteiger partial charge in [0.05, 0.1) is 0 Å². The molecule has 0 amide bonds. The van der Waals surface area contributed by atoms with Crippen molar-refractivity contribution in [3.8, 4) is 5.75 Å². The van der Waals surface area contributed by atoms with Gasteiger partial charge in [-0.25, -0.2) is 0 Å². The van der Waals surface area contributed by atoms with Gasteiger partial charge < -0.3 is 10.1 Å². The Balaban J connectivity index is 2.14. The van der Waals surface area contributed by atoms with Crippen molar-refractivity contribution in [2.45, 2.75) is 52.4 Å². The molecule has 0 atom stereocenters. The number of nitrogens with zero attached hydrogens (tertiary/aromatic N) is 1. The second-order valence-electron chi connectivity index (χ2n) is 9.29. The van der Waals surface area contributed by atoms with E-state index in [1.807, 2.05) is 36.4 Å². The van der Waals surface area contributed by atoms with Gasteiger partial charge in [-0.3, -0.25) is 4.99 Å². The molecule has 0 saturated heterocycles. The maximum atomic E-state index is 10.9. The molecule has 3 rings (SSSR count). The van der Waals surface area contributed by atoms with Gasteiger partial charge in [0.2, 0.25) is 0 Å². The van der Waals surface area contributed by atoms with Crippen LogP contribution in [0.4, 0.5) is 5.69 Å². The second-order valence-corrected chi connectivity index (χ2v) is 9.70. The third-order valence-electron chi connectivity index (χ3n) is 4.89. The van der Waals surface area contributed by atoms with E-state index in [-0.39, 0.29) is 16.6 Å². The lowest BCUT2D eigenvalue weighted by Crippen LogP contribution is -2.16. The first-order valence-electron chi connectivity index (χ1n) is 9.51. The summed E-state index contributed by atoms with van der Waals surface area (Å²) in [5.74, 6) is 0.229. The van der Waals surface area contributed by atoms with Crippen molar-refractivity contribution < 1.29 is 5.11 Å². The lowest BCUT2D eigenvalue weighted by atomic mass is 9.80. The molecule has 1 aromatic heterocycles. The van der Waals surface area contributed by atoms with Gasteiger partial charge in [-0.1, -0.05) is 78.0 Å². The minimum atomic E-state index is -0.185. The Hall–Kier alpha value is -2.46. The lowest BCUT2D eigenvalue weighted by molar-refractivity contribution is 0.446. The highest BCUT2D eigenvalue weighted by molar-refractivity contribution is 7.71. The topological polar surface area (TPSA) is 48.4 Å². The first-order valence-corrected chi connectivity index (χ1v) is 9.92. The van der Waals surface area contributed by atoms with Crippen LogP contribution in [0.5, 0.6) is 5.75 Å². The molecule has 146 valence electrons. The molecule has 0 fully saturated rings. The van der Waals surface area contributed by atoms with Crippen molar-refractivity contribution in [2.24, 2.45) is 4.99 Å². The fraction of sp³-hybridized carbons (Fsp3) is 0.333. The summed E-state index contributed by atoms with van der Waals surface area (Å²) < 4.78 is 0.630. The summed E-state index contributed by atoms with van der Waals surface area (Å²) in [6, 6.07) is 14.1. The van der Waals surface area contributed by atoms with Gasteiger partial charge in [0, 0.05) is 22.9 Å². The number of hydrogen-bond donors (Lipinski definition) is 2. The molecule has 0 spiro atoms. The Morgan fingerprint density at radius 1 is 0.964 bits per heavy atom. The molecule has 0 unspecified atom stereocenters. The van der Waals surface area contributed by atoms with E-state index in [1.165, 1.54) is 0 Å². The maximum absolute atomic E-state index is 10.9. The van der Waals surface area contributed by atoms with E-state index in [0.29, 0.717) is 10.3 Å². The maximum Gasteiger partial charge on any atom is 0.144 e. The van der Waals surface area contributed by atoms with Crippen molar-refractivity contribution in [3.63, 3.8) is 0 Å². The standard InChI is InChI=1S/C24H28N2OS/c1-23(2,3)17-12-18(24(4,5)6)21(27)20(13-17)25-14-16-11-15-9-7-8-10-19(15)26-22(16)28/h7-14,27H,1-6H3,(H,26,28). The second kappa shape index (κ2) is 7.17. The minimum Gasteiger partial charge on any atom is -0.505 e. The third-order valence-corrected chi connectivity index (χ3v) is 5.23. The highest BCUT2D eigenvalue weighted by Crippen LogP contribution is 2.41. The summed E-state index contributed by atoms with van der Waals surface area (Å²) >= 11 is 5.49. The predicted molar refractivity (Wildman–Crippen MR) is 122 cm³/mol. The summed E-state index contributed by atoms with van der Waals surface area (Å²) in [6.07, 6.45) is 1.74. The number of nitrogens with one attached hydrogen (secondary N) is 1. The zero-order chi connectivity index (χ0) is 20.7. The molecule has 28 heavy (non-hydrogen) atoms. The number of phenolic OH excluding ortho intramolecular Hbond substituents is 1. The number of H-pyrrole nitrogens is 1. The molecule has 0 aliphatic heterocycles. The number of fused-ring (bicyclic) bond motifs is 1. The van der Waals surface area contributed by atoms with Crippen LogP contribution in [0, 0.1) is 4.64 Å². The van der Waals surface area contributed by atoms with Crippen LogP contribution in [0.3, 0.4) is 0 Å². The van der Waals surface area contributed by atoms with Crippen molar-refractivity contribution in [2.75, 3.05) is 0 Å². The van der Waals surface area contributed by atoms with Gasteiger partial charge in [-0.15, -0.1) is 0 Å². The van der Waals surface area contributed by atoms with Crippen LogP contribution in [0.15, 0.2) is 47.5 Å². The van der Waals surface area contributed by atoms with Gasteiger partial charge in [0.1, 0.15) is 16.1 Å². The van der Waals surface area contributed by atoms with Crippen LogP contribution in [0.25, 0.3) is 10.9 Å². The number of aromatic hydroxyl groups is 1. The van der Waals surface area contributed by atoms with Crippen LogP contribution in [-0.2, 0) is 10.8 Å². The van der Waals surface area contributed by atoms with E-state index in [0.717, 1.165) is 27.6 Å². The number of rotatable bonds is 2. The summed E-state index contributed by atoms with van der Waals surface area (Å²) in [5, 5.41) is 12.0. The zero-order valence-electron chi connectivity index (χ0n) is 17.4. The van der Waals surface area contributed by atoms with Gasteiger partial charge in [0.25, 0.3) is 0 Å². The average molecular weight is 393 g/mol. The van der Waals surface area contributed by atoms with Gasteiger partial charge in [0.15, 0.2) is 0 Å². The molecule has 4 heteroatoms. The number of phenols is 1. The highest BCUT2D eigenvalue weighted by atomic mass is 32.1. The summed E-state index contributed by atoms with van der Waals surface area (Å²) in [7, 11) is 0. The lowest BCUT2D eigenvalue weighted by Gasteiger charge is -2.26. The monoisotopic (exact) mass is 392 g/mol. The minimum absolute atomic E-state index is 0.0438. The number of aromatic nitrogens is 1. The third kappa shape index (κ3) is 4.17. The molecule has 3 nitrogen and oxygen atoms in total. The Labute approximate surface area is 172 Å². The van der Waals surface area contributed by atoms with Crippen LogP contribution in [-0.4, -0.2) is 16.3 Å². The molecule has 0 radical (unpaired) electrons. The van der Waals surface area contributed by atoms with E-state index in [2.05, 4.69) is 57.6 Å². The van der Waals surface area contributed by atoms with Crippen LogP contribution in [0.2, 0.25) is 0 Å². The van der Waals surface area contributed by atoms with Crippen LogP contribution in [0.1, 0.15) is 58.2 Å². The molecule has 2 N–H and O–H groups in total. The fourth-order valence-corrected chi connectivity index (χ4v) is 3.34. The van der Waals surface area contributed by atoms with Crippen molar-refractivity contribution in [3.05, 3.63) is 63.8 Å². The molecule has 0 bridgehead atoms. The fourth-order valence-electron chi connectivity index (χ4n) is 3.12. The van der Waals surface area contributed by atoms with Gasteiger partial charge in [-0.2, -0.15) is 0 Å². The normalized spacial score (nSPS) is 12.8. The molecule has 0 saturated carbocycles. The Bertz CT molecular complexity index is 1110. The van der Waals surface area contributed by atoms with E-state index in [4.69, 9.17) is 12.2 Å². The summed E-state index contributed by atoms with van der Waals surface area (Å²) in [5.41, 5.74) is 4.21. The zero-order valence-corrected chi connectivity index (χ0v) is 18.2. The first-order chi connectivity index (χ1) is 13.0. The van der Waals surface area contributed by atoms with E-state index in [9.17, 15) is 5.11 Å². The SMILES string of the molecule is CC(C)(C)c1cc(N=Cc2cc3ccccc3[nH]c2=S)c(O)c(C(C)(C)C)c1. The van der Waals surface area contributed by atoms with E-state index in [1.54, 1.807) is 6.21 Å². The van der Waals surface area contributed by atoms with Crippen molar-refractivity contribution in [1.82, 2.24) is 4.98 Å². The number of pyridine rings is 1. The van der Waals surface area contributed by atoms with Crippen molar-refractivity contribution >= 4 is 35.0 Å². The summed E-state index contributed by atoms with van der Waals surface area (Å²) in [6.45, 7) is 12.8. The van der Waals surface area contributed by atoms with Crippen molar-refractivity contribution in [1.29, 1.82) is 0 Å². The largest absolute Gasteiger partial charge is 0.505 e. The molecular formula is C24H28N2OS. The number of aliphatic imine (C=N–C) groups is 1. The Kier molecular flexibility index (Phi) is 5.20. The average Bonchev–Trinajstić information content (AvgIpc) is 2.58. The number of aromatic amines is 1. The molecule has 0 aliphatic rings. The molecule has 0 aliphatic carbocycles. The molecule has 2 aromatic carbocycles. The van der Waals surface area contributed by atoms with Crippen LogP contribution < -0.4 is 0 Å². The number of benzene rings is 2. The molecular weight excluding hydrogens is 364 g/mol. The van der Waals surface area contributed by atoms with Crippen LogP contribution >= 0.6 is 12.2 Å². The smallest absolute Gasteiger partial charge is 0.144 e. The summed E-state index contributed by atoms with van der Waals surface area (Å²) in [4.78, 5) is 7.87. The van der Waals surface area contributed by atoms with Gasteiger partial charge in [-0.05, 0) is 40.0 Å². The van der Waals surface area contributed by atoms with E-state index >= 15 is 0 Å². The quantitative estimate of drug-likeness (QED) is 0.366.